The predicted octanol–water partition coefficient (Wildman–Crippen LogP) is 13.1. The number of hydrogen-bond donors (Lipinski definition) is 4. The molecule has 0 radical (unpaired) electrons. The van der Waals surface area contributed by atoms with Crippen molar-refractivity contribution in [2.45, 2.75) is 226 Å². The summed E-state index contributed by atoms with van der Waals surface area (Å²) >= 11 is 1.86. The van der Waals surface area contributed by atoms with Crippen LogP contribution < -0.4 is 21.3 Å². The maximum Gasteiger partial charge on any atom is 0.106 e. The van der Waals surface area contributed by atoms with Crippen LogP contribution in [0.4, 0.5) is 0 Å². The van der Waals surface area contributed by atoms with Crippen molar-refractivity contribution in [1.29, 1.82) is 0 Å². The smallest absolute Gasteiger partial charge is 0.106 e. The first kappa shape index (κ1) is 62.3. The van der Waals surface area contributed by atoms with Crippen LogP contribution in [0.15, 0.2) is 71.4 Å². The van der Waals surface area contributed by atoms with E-state index in [0.29, 0.717) is 18.4 Å². The molecular formula is C68H108N12OS. The van der Waals surface area contributed by atoms with Gasteiger partial charge in [0, 0.05) is 91.2 Å². The molecule has 12 rings (SSSR count). The van der Waals surface area contributed by atoms with E-state index in [4.69, 9.17) is 25.1 Å². The summed E-state index contributed by atoms with van der Waals surface area (Å²) < 4.78 is 14.2. The van der Waals surface area contributed by atoms with Gasteiger partial charge < -0.3 is 26.0 Å². The maximum absolute atomic E-state index is 5.19. The van der Waals surface area contributed by atoms with Gasteiger partial charge in [-0.25, -0.2) is 0 Å². The van der Waals surface area contributed by atoms with Crippen LogP contribution in [0.25, 0.3) is 0 Å². The first-order valence-electron chi connectivity index (χ1n) is 33.4. The largest absolute Gasteiger partial charge is 0.497 e. The lowest BCUT2D eigenvalue weighted by Crippen LogP contribution is -2.27. The van der Waals surface area contributed by atoms with Gasteiger partial charge in [0.2, 0.25) is 0 Å². The van der Waals surface area contributed by atoms with Gasteiger partial charge in [0.15, 0.2) is 0 Å². The Hall–Kier alpha value is -4.21. The van der Waals surface area contributed by atoms with E-state index in [1.54, 1.807) is 6.26 Å². The molecule has 0 bridgehead atoms. The molecule has 0 atom stereocenters. The van der Waals surface area contributed by atoms with E-state index in [1.165, 1.54) is 185 Å². The molecule has 6 aliphatic heterocycles. The molecule has 0 unspecified atom stereocenters. The van der Waals surface area contributed by atoms with Gasteiger partial charge in [-0.3, -0.25) is 18.7 Å². The summed E-state index contributed by atoms with van der Waals surface area (Å²) in [5.41, 5.74) is 13.7. The van der Waals surface area contributed by atoms with Gasteiger partial charge in [-0.1, -0.05) is 70.4 Å². The number of piperidine rings is 4. The Balaban J connectivity index is 0.000000132. The topological polar surface area (TPSA) is 129 Å². The van der Waals surface area contributed by atoms with E-state index in [0.717, 1.165) is 127 Å². The van der Waals surface area contributed by atoms with E-state index in [1.807, 2.05) is 17.8 Å². The number of aryl methyl sites for hydroxylation is 4. The monoisotopic (exact) mass is 1140 g/mol. The number of aromatic nitrogens is 8. The molecule has 8 aliphatic rings. The van der Waals surface area contributed by atoms with Gasteiger partial charge in [0.25, 0.3) is 0 Å². The molecule has 2 saturated carbocycles. The summed E-state index contributed by atoms with van der Waals surface area (Å²) in [4.78, 5) is 0. The third-order valence-electron chi connectivity index (χ3n) is 19.2. The van der Waals surface area contributed by atoms with Gasteiger partial charge in [-0.15, -0.1) is 11.8 Å². The number of thioether (sulfide) groups is 1. The van der Waals surface area contributed by atoms with Crippen molar-refractivity contribution in [3.05, 3.63) is 117 Å². The molecule has 4 saturated heterocycles. The van der Waals surface area contributed by atoms with Gasteiger partial charge in [0.05, 0.1) is 29.0 Å². The zero-order valence-corrected chi connectivity index (χ0v) is 52.5. The number of rotatable bonds is 16. The second-order valence-electron chi connectivity index (χ2n) is 25.2. The number of nitrogens with zero attached hydrogens (tertiary/aromatic N) is 8. The minimum atomic E-state index is 0.664. The molecule has 6 fully saturated rings. The van der Waals surface area contributed by atoms with Crippen LogP contribution in [0.3, 0.4) is 0 Å². The SMILES string of the molecule is CCn1nc(CC2=CCOC=C2)cc1C1CCNCC1.CCn1nc(CC2=CCSC=C2)cc1C1CCNCC1.CCn1nc(CC2CCC(C)CC2)cc1C1CCNCC1.CCn1nc(CC2CCCCCC2)cc1C1CCNCC1. The first-order chi connectivity index (χ1) is 40.4. The zero-order valence-electron chi connectivity index (χ0n) is 51.7. The summed E-state index contributed by atoms with van der Waals surface area (Å²) in [6.45, 7) is 25.0. The second kappa shape index (κ2) is 33.5. The normalized spacial score (nSPS) is 22.6. The quantitative estimate of drug-likeness (QED) is 0.0805. The van der Waals surface area contributed by atoms with Crippen molar-refractivity contribution in [2.75, 3.05) is 64.7 Å². The minimum absolute atomic E-state index is 0.664. The lowest BCUT2D eigenvalue weighted by atomic mass is 9.81. The van der Waals surface area contributed by atoms with Crippen LogP contribution in [0.5, 0.6) is 0 Å². The van der Waals surface area contributed by atoms with Gasteiger partial charge >= 0.3 is 0 Å². The molecule has 0 amide bonds. The van der Waals surface area contributed by atoms with Crippen LogP contribution in [-0.4, -0.2) is 104 Å². The summed E-state index contributed by atoms with van der Waals surface area (Å²) in [5, 5.41) is 35.4. The lowest BCUT2D eigenvalue weighted by Gasteiger charge is -2.25. The molecule has 452 valence electrons. The molecule has 4 aromatic rings. The lowest BCUT2D eigenvalue weighted by molar-refractivity contribution is 0.284. The Morgan fingerprint density at radius 2 is 0.829 bits per heavy atom. The molecule has 10 heterocycles. The number of ether oxygens (including phenoxy) is 1. The standard InChI is InChI=1S/2C18H31N3.C16H23N3O.C16H23N3S/c1-3-21-18(16-8-10-19-11-9-16)13-17(20-21)12-15-6-4-14(2)5-7-15;1-2-21-18(16-9-11-19-12-10-16)14-17(20-21)13-15-7-5-3-4-6-8-15;2*1-2-19-16(14-3-7-17-8-4-14)12-15(18-19)11-13-5-9-20-10-6-13/h13-16,19H,3-12H2,1-2H3;14-16,19H,2-13H2,1H3;2*5-6,9,12,14,17H,2-4,7-8,10-11H2,1H3. The molecular weight excluding hydrogens is 1030 g/mol. The van der Waals surface area contributed by atoms with Crippen LogP contribution in [-0.2, 0) is 56.6 Å². The Morgan fingerprint density at radius 3 is 1.20 bits per heavy atom. The van der Waals surface area contributed by atoms with Crippen molar-refractivity contribution >= 4 is 11.8 Å². The Labute approximate surface area is 499 Å². The van der Waals surface area contributed by atoms with Gasteiger partial charge in [-0.05, 0) is 228 Å². The fourth-order valence-electron chi connectivity index (χ4n) is 14.3. The van der Waals surface area contributed by atoms with E-state index in [2.05, 4.69) is 123 Å². The number of allylic oxidation sites excluding steroid dienone is 4. The zero-order chi connectivity index (χ0) is 56.7. The predicted molar refractivity (Wildman–Crippen MR) is 341 cm³/mol. The fraction of sp³-hybridized carbons (Fsp3) is 0.706. The van der Waals surface area contributed by atoms with Crippen molar-refractivity contribution < 1.29 is 4.74 Å². The Morgan fingerprint density at radius 1 is 0.451 bits per heavy atom. The van der Waals surface area contributed by atoms with Crippen LogP contribution >= 0.6 is 11.8 Å². The average molecular weight is 1140 g/mol. The highest BCUT2D eigenvalue weighted by Crippen LogP contribution is 2.34. The van der Waals surface area contributed by atoms with Crippen LogP contribution in [0, 0.1) is 17.8 Å². The molecule has 0 aromatic carbocycles. The van der Waals surface area contributed by atoms with Crippen molar-refractivity contribution in [3.8, 4) is 0 Å². The fourth-order valence-corrected chi connectivity index (χ4v) is 15.0. The number of nitrogens with one attached hydrogen (secondary N) is 4. The highest BCUT2D eigenvalue weighted by molar-refractivity contribution is 8.02. The van der Waals surface area contributed by atoms with Crippen LogP contribution in [0.1, 0.15) is 219 Å². The summed E-state index contributed by atoms with van der Waals surface area (Å²) in [7, 11) is 0. The maximum atomic E-state index is 5.19. The summed E-state index contributed by atoms with van der Waals surface area (Å²) in [6.07, 6.45) is 39.0. The Kier molecular flexibility index (Phi) is 25.4. The first-order valence-corrected chi connectivity index (χ1v) is 34.4. The van der Waals surface area contributed by atoms with Crippen molar-refractivity contribution in [3.63, 3.8) is 0 Å². The van der Waals surface area contributed by atoms with E-state index < -0.39 is 0 Å². The highest BCUT2D eigenvalue weighted by atomic mass is 32.2. The van der Waals surface area contributed by atoms with Gasteiger partial charge in [-0.2, -0.15) is 20.4 Å². The second-order valence-corrected chi connectivity index (χ2v) is 26.1. The van der Waals surface area contributed by atoms with Gasteiger partial charge in [0.1, 0.15) is 6.61 Å². The van der Waals surface area contributed by atoms with E-state index in [9.17, 15) is 0 Å². The average Bonchev–Trinajstić information content (AvgIpc) is 4.36. The molecule has 14 heteroatoms. The van der Waals surface area contributed by atoms with E-state index in [-0.39, 0.29) is 0 Å². The molecule has 82 heavy (non-hydrogen) atoms. The number of hydrogen-bond acceptors (Lipinski definition) is 10. The van der Waals surface area contributed by atoms with E-state index >= 15 is 0 Å². The molecule has 4 N–H and O–H groups in total. The molecule has 13 nitrogen and oxygen atoms in total. The van der Waals surface area contributed by atoms with Crippen molar-refractivity contribution in [2.24, 2.45) is 17.8 Å². The highest BCUT2D eigenvalue weighted by Gasteiger charge is 2.26. The Bertz CT molecular complexity index is 2500. The summed E-state index contributed by atoms with van der Waals surface area (Å²) in [5.74, 6) is 6.60. The molecule has 2 aliphatic carbocycles. The van der Waals surface area contributed by atoms with Crippen LogP contribution in [0.2, 0.25) is 0 Å². The third kappa shape index (κ3) is 18.6. The third-order valence-corrected chi connectivity index (χ3v) is 19.9. The summed E-state index contributed by atoms with van der Waals surface area (Å²) in [6, 6.07) is 9.52. The van der Waals surface area contributed by atoms with Crippen molar-refractivity contribution in [1.82, 2.24) is 60.4 Å². The minimum Gasteiger partial charge on any atom is -0.497 e. The molecule has 4 aromatic heterocycles. The molecule has 0 spiro atoms.